The van der Waals surface area contributed by atoms with Crippen molar-refractivity contribution in [2.24, 2.45) is 0 Å². The fourth-order valence-electron chi connectivity index (χ4n) is 3.93. The number of amides is 1. The number of terminal acetylenes is 1. The van der Waals surface area contributed by atoms with E-state index in [-0.39, 0.29) is 12.1 Å². The van der Waals surface area contributed by atoms with E-state index in [9.17, 15) is 4.79 Å². The van der Waals surface area contributed by atoms with Crippen LogP contribution in [0.25, 0.3) is 0 Å². The summed E-state index contributed by atoms with van der Waals surface area (Å²) in [5, 5.41) is 1.37. The summed E-state index contributed by atoms with van der Waals surface area (Å²) in [6.45, 7) is 7.12. The minimum absolute atomic E-state index is 0.0375. The van der Waals surface area contributed by atoms with Gasteiger partial charge >= 0.3 is 6.09 Å². The standard InChI is InChI=1S/C23H25ClN2O2.C8H5Cl/c1-3-28-23(27)26-15-13-25(14-16-26)22(21-10-5-4-7-18(21)2)12-11-19-8-6-9-20(24)17-19;1-2-7-4-3-5-8(9)6-7/h4-10,17,22H,3,13-16H2,1-2H3;1,3-6H. The first kappa shape index (κ1) is 28.2. The van der Waals surface area contributed by atoms with Gasteiger partial charge in [0.1, 0.15) is 0 Å². The zero-order valence-corrected chi connectivity index (χ0v) is 22.6. The Bertz CT molecular complexity index is 1300. The van der Waals surface area contributed by atoms with Gasteiger partial charge in [0, 0.05) is 47.4 Å². The molecule has 0 N–H and O–H groups in total. The van der Waals surface area contributed by atoms with Gasteiger partial charge in [0.15, 0.2) is 0 Å². The highest BCUT2D eigenvalue weighted by Gasteiger charge is 2.27. The maximum absolute atomic E-state index is 12.0. The third kappa shape index (κ3) is 8.59. The Morgan fingerprint density at radius 3 is 2.14 bits per heavy atom. The Hall–Kier alpha value is -3.41. The van der Waals surface area contributed by atoms with Crippen LogP contribution in [0.2, 0.25) is 10.0 Å². The van der Waals surface area contributed by atoms with Crippen molar-refractivity contribution in [3.63, 3.8) is 0 Å². The average Bonchev–Trinajstić information content (AvgIpc) is 2.90. The number of halogens is 2. The number of piperazine rings is 1. The smallest absolute Gasteiger partial charge is 0.409 e. The van der Waals surface area contributed by atoms with E-state index in [1.165, 1.54) is 11.1 Å². The third-order valence-corrected chi connectivity index (χ3v) is 6.33. The number of benzene rings is 3. The summed E-state index contributed by atoms with van der Waals surface area (Å²) in [5.74, 6) is 9.21. The highest BCUT2D eigenvalue weighted by Crippen LogP contribution is 2.25. The van der Waals surface area contributed by atoms with Gasteiger partial charge in [0.2, 0.25) is 0 Å². The predicted molar refractivity (Wildman–Crippen MR) is 152 cm³/mol. The summed E-state index contributed by atoms with van der Waals surface area (Å²) >= 11 is 11.7. The van der Waals surface area contributed by atoms with Gasteiger partial charge in [-0.05, 0) is 61.4 Å². The number of nitrogens with zero attached hydrogens (tertiary/aromatic N) is 2. The fraction of sp³-hybridized carbons (Fsp3) is 0.258. The molecule has 0 aliphatic carbocycles. The summed E-state index contributed by atoms with van der Waals surface area (Å²) in [7, 11) is 0. The van der Waals surface area contributed by atoms with E-state index in [1.807, 2.05) is 55.5 Å². The van der Waals surface area contributed by atoms with Crippen LogP contribution >= 0.6 is 23.2 Å². The van der Waals surface area contributed by atoms with Crippen LogP contribution in [0.5, 0.6) is 0 Å². The van der Waals surface area contributed by atoms with E-state index in [4.69, 9.17) is 34.4 Å². The number of ether oxygens (including phenoxy) is 1. The number of aryl methyl sites for hydroxylation is 1. The van der Waals surface area contributed by atoms with E-state index >= 15 is 0 Å². The molecule has 3 aromatic carbocycles. The number of hydrogen-bond donors (Lipinski definition) is 0. The molecule has 0 saturated carbocycles. The summed E-state index contributed by atoms with van der Waals surface area (Å²) in [4.78, 5) is 16.1. The Labute approximate surface area is 230 Å². The molecule has 0 aromatic heterocycles. The maximum atomic E-state index is 12.0. The molecule has 0 radical (unpaired) electrons. The minimum atomic E-state index is -0.236. The Morgan fingerprint density at radius 2 is 1.57 bits per heavy atom. The highest BCUT2D eigenvalue weighted by molar-refractivity contribution is 6.30. The van der Waals surface area contributed by atoms with Gasteiger partial charge in [0.05, 0.1) is 12.6 Å². The second kappa shape index (κ2) is 14.4. The summed E-state index contributed by atoms with van der Waals surface area (Å²) in [6, 6.07) is 23.1. The first-order chi connectivity index (χ1) is 17.9. The van der Waals surface area contributed by atoms with Crippen LogP contribution in [0.15, 0.2) is 72.8 Å². The van der Waals surface area contributed by atoms with Crippen molar-refractivity contribution in [2.75, 3.05) is 32.8 Å². The molecule has 1 heterocycles. The second-order valence-corrected chi connectivity index (χ2v) is 9.29. The molecule has 1 amide bonds. The summed E-state index contributed by atoms with van der Waals surface area (Å²) < 4.78 is 5.13. The van der Waals surface area contributed by atoms with Crippen molar-refractivity contribution < 1.29 is 9.53 Å². The van der Waals surface area contributed by atoms with Crippen molar-refractivity contribution in [3.05, 3.63) is 105 Å². The normalized spacial score (nSPS) is 13.8. The number of carbonyl (C=O) groups is 1. The van der Waals surface area contributed by atoms with Crippen LogP contribution in [-0.2, 0) is 4.74 Å². The second-order valence-electron chi connectivity index (χ2n) is 8.42. The molecule has 4 rings (SSSR count). The average molecular weight is 533 g/mol. The largest absolute Gasteiger partial charge is 0.450 e. The zero-order valence-electron chi connectivity index (χ0n) is 21.1. The lowest BCUT2D eigenvalue weighted by Crippen LogP contribution is -2.49. The topological polar surface area (TPSA) is 32.8 Å². The van der Waals surface area contributed by atoms with Crippen LogP contribution in [-0.4, -0.2) is 48.7 Å². The van der Waals surface area contributed by atoms with Crippen molar-refractivity contribution in [3.8, 4) is 24.2 Å². The predicted octanol–water partition coefficient (Wildman–Crippen LogP) is 6.84. The third-order valence-electron chi connectivity index (χ3n) is 5.86. The number of rotatable bonds is 3. The molecule has 190 valence electrons. The molecule has 0 spiro atoms. The van der Waals surface area contributed by atoms with Gasteiger partial charge in [-0.25, -0.2) is 4.79 Å². The van der Waals surface area contributed by atoms with Gasteiger partial charge in [-0.1, -0.05) is 77.4 Å². The van der Waals surface area contributed by atoms with E-state index in [2.05, 4.69) is 41.7 Å². The lowest BCUT2D eigenvalue weighted by molar-refractivity contribution is 0.0734. The fourth-order valence-corrected chi connectivity index (χ4v) is 4.31. The Balaban J connectivity index is 0.000000356. The van der Waals surface area contributed by atoms with Crippen molar-refractivity contribution >= 4 is 29.3 Å². The molecule has 1 aliphatic rings. The molecule has 0 bridgehead atoms. The molecular weight excluding hydrogens is 503 g/mol. The number of carbonyl (C=O) groups excluding carboxylic acids is 1. The summed E-state index contributed by atoms with van der Waals surface area (Å²) in [6.07, 6.45) is 4.87. The molecule has 3 aromatic rings. The molecule has 1 aliphatic heterocycles. The molecule has 1 fully saturated rings. The molecule has 1 saturated heterocycles. The van der Waals surface area contributed by atoms with Gasteiger partial charge in [-0.2, -0.15) is 0 Å². The molecule has 1 atom stereocenters. The van der Waals surface area contributed by atoms with Gasteiger partial charge < -0.3 is 9.64 Å². The molecular formula is C31H30Cl2N2O2. The van der Waals surface area contributed by atoms with Gasteiger partial charge in [0.25, 0.3) is 0 Å². The molecule has 1 unspecified atom stereocenters. The maximum Gasteiger partial charge on any atom is 0.409 e. The number of hydrogen-bond acceptors (Lipinski definition) is 3. The van der Waals surface area contributed by atoms with Crippen molar-refractivity contribution in [1.82, 2.24) is 9.80 Å². The monoisotopic (exact) mass is 532 g/mol. The minimum Gasteiger partial charge on any atom is -0.450 e. The van der Waals surface area contributed by atoms with Crippen LogP contribution in [0.1, 0.15) is 35.2 Å². The Morgan fingerprint density at radius 1 is 0.946 bits per heavy atom. The van der Waals surface area contributed by atoms with E-state index in [1.54, 1.807) is 17.0 Å². The first-order valence-electron chi connectivity index (χ1n) is 12.1. The Kier molecular flexibility index (Phi) is 10.9. The van der Waals surface area contributed by atoms with Gasteiger partial charge in [-0.15, -0.1) is 6.42 Å². The van der Waals surface area contributed by atoms with Crippen LogP contribution in [0, 0.1) is 31.1 Å². The molecule has 37 heavy (non-hydrogen) atoms. The van der Waals surface area contributed by atoms with Crippen LogP contribution in [0.3, 0.4) is 0 Å². The van der Waals surface area contributed by atoms with E-state index < -0.39 is 0 Å². The lowest BCUT2D eigenvalue weighted by Gasteiger charge is -2.37. The quantitative estimate of drug-likeness (QED) is 0.346. The van der Waals surface area contributed by atoms with Crippen LogP contribution < -0.4 is 0 Å². The zero-order chi connectivity index (χ0) is 26.6. The van der Waals surface area contributed by atoms with Crippen LogP contribution in [0.4, 0.5) is 4.79 Å². The lowest BCUT2D eigenvalue weighted by atomic mass is 9.99. The van der Waals surface area contributed by atoms with Crippen molar-refractivity contribution in [1.29, 1.82) is 0 Å². The SMILES string of the molecule is C#Cc1cccc(Cl)c1.CCOC(=O)N1CCN(C(C#Cc2cccc(Cl)c2)c2ccccc2C)CC1. The van der Waals surface area contributed by atoms with E-state index in [0.29, 0.717) is 29.7 Å². The molecule has 4 nitrogen and oxygen atoms in total. The van der Waals surface area contributed by atoms with Gasteiger partial charge in [-0.3, -0.25) is 4.90 Å². The van der Waals surface area contributed by atoms with E-state index in [0.717, 1.165) is 24.2 Å². The van der Waals surface area contributed by atoms with Crippen molar-refractivity contribution in [2.45, 2.75) is 19.9 Å². The highest BCUT2D eigenvalue weighted by atomic mass is 35.5. The first-order valence-corrected chi connectivity index (χ1v) is 12.9. The molecule has 6 heteroatoms. The summed E-state index contributed by atoms with van der Waals surface area (Å²) in [5.41, 5.74) is 4.13.